The van der Waals surface area contributed by atoms with E-state index in [2.05, 4.69) is 15.5 Å². The standard InChI is InChI=1S/C13H19N5O2S/c1-10(2)18-12(14-15-16-18)8-21-9-13(19)17(3)7-11-5-4-6-20-11/h4-6,10H,7-9H2,1-3H3. The van der Waals surface area contributed by atoms with Crippen molar-refractivity contribution in [3.05, 3.63) is 30.0 Å². The van der Waals surface area contributed by atoms with E-state index in [0.29, 0.717) is 18.1 Å². The Morgan fingerprint density at radius 2 is 2.33 bits per heavy atom. The highest BCUT2D eigenvalue weighted by molar-refractivity contribution is 7.99. The van der Waals surface area contributed by atoms with Crippen molar-refractivity contribution in [1.82, 2.24) is 25.1 Å². The molecule has 8 heteroatoms. The van der Waals surface area contributed by atoms with Crippen molar-refractivity contribution >= 4 is 17.7 Å². The van der Waals surface area contributed by atoms with Gasteiger partial charge in [-0.25, -0.2) is 4.68 Å². The lowest BCUT2D eigenvalue weighted by atomic mass is 10.4. The van der Waals surface area contributed by atoms with Crippen molar-refractivity contribution in [2.24, 2.45) is 0 Å². The van der Waals surface area contributed by atoms with E-state index >= 15 is 0 Å². The Hall–Kier alpha value is -1.83. The highest BCUT2D eigenvalue weighted by atomic mass is 32.2. The number of tetrazole rings is 1. The predicted molar refractivity (Wildman–Crippen MR) is 79.5 cm³/mol. The summed E-state index contributed by atoms with van der Waals surface area (Å²) < 4.78 is 7.00. The van der Waals surface area contributed by atoms with E-state index in [9.17, 15) is 4.79 Å². The minimum atomic E-state index is 0.0555. The molecular weight excluding hydrogens is 290 g/mol. The molecule has 7 nitrogen and oxygen atoms in total. The Bertz CT molecular complexity index is 567. The fourth-order valence-corrected chi connectivity index (χ4v) is 2.64. The quantitative estimate of drug-likeness (QED) is 0.775. The smallest absolute Gasteiger partial charge is 0.232 e. The maximum Gasteiger partial charge on any atom is 0.232 e. The highest BCUT2D eigenvalue weighted by Crippen LogP contribution is 2.13. The molecule has 0 radical (unpaired) electrons. The topological polar surface area (TPSA) is 77.1 Å². The van der Waals surface area contributed by atoms with Gasteiger partial charge in [-0.2, -0.15) is 0 Å². The van der Waals surface area contributed by atoms with E-state index in [0.717, 1.165) is 11.6 Å². The fourth-order valence-electron chi connectivity index (χ4n) is 1.77. The number of amides is 1. The normalized spacial score (nSPS) is 11.0. The molecule has 0 spiro atoms. The van der Waals surface area contributed by atoms with Crippen LogP contribution < -0.4 is 0 Å². The van der Waals surface area contributed by atoms with Crippen LogP contribution in [0.4, 0.5) is 0 Å². The molecule has 0 N–H and O–H groups in total. The summed E-state index contributed by atoms with van der Waals surface area (Å²) >= 11 is 1.51. The number of carbonyl (C=O) groups excluding carboxylic acids is 1. The van der Waals surface area contributed by atoms with Gasteiger partial charge >= 0.3 is 0 Å². The second kappa shape index (κ2) is 7.26. The average molecular weight is 309 g/mol. The molecule has 0 fully saturated rings. The summed E-state index contributed by atoms with van der Waals surface area (Å²) in [6.07, 6.45) is 1.61. The van der Waals surface area contributed by atoms with Crippen LogP contribution in [-0.4, -0.2) is 43.8 Å². The Morgan fingerprint density at radius 3 is 3.00 bits per heavy atom. The number of carbonyl (C=O) groups is 1. The fraction of sp³-hybridized carbons (Fsp3) is 0.538. The number of furan rings is 1. The first-order chi connectivity index (χ1) is 10.1. The van der Waals surface area contributed by atoms with Gasteiger partial charge in [0.25, 0.3) is 0 Å². The molecule has 114 valence electrons. The number of nitrogens with zero attached hydrogens (tertiary/aromatic N) is 5. The molecule has 0 aliphatic rings. The van der Waals surface area contributed by atoms with Crippen LogP contribution in [0.2, 0.25) is 0 Å². The molecule has 0 atom stereocenters. The summed E-state index contributed by atoms with van der Waals surface area (Å²) in [5.41, 5.74) is 0. The largest absolute Gasteiger partial charge is 0.467 e. The van der Waals surface area contributed by atoms with Gasteiger partial charge in [0.15, 0.2) is 5.82 Å². The molecule has 2 aromatic heterocycles. The van der Waals surface area contributed by atoms with Crippen LogP contribution >= 0.6 is 11.8 Å². The van der Waals surface area contributed by atoms with Gasteiger partial charge < -0.3 is 9.32 Å². The lowest BCUT2D eigenvalue weighted by Gasteiger charge is -2.15. The Kier molecular flexibility index (Phi) is 5.38. The third-order valence-corrected chi connectivity index (χ3v) is 3.82. The molecule has 21 heavy (non-hydrogen) atoms. The van der Waals surface area contributed by atoms with Gasteiger partial charge in [0.1, 0.15) is 5.76 Å². The molecule has 0 saturated carbocycles. The SMILES string of the molecule is CC(C)n1nnnc1CSCC(=O)N(C)Cc1ccco1. The number of rotatable bonds is 7. The Labute approximate surface area is 127 Å². The van der Waals surface area contributed by atoms with Crippen LogP contribution in [0.15, 0.2) is 22.8 Å². The summed E-state index contributed by atoms with van der Waals surface area (Å²) in [5, 5.41) is 11.6. The van der Waals surface area contributed by atoms with Crippen molar-refractivity contribution in [3.8, 4) is 0 Å². The van der Waals surface area contributed by atoms with Gasteiger partial charge in [-0.1, -0.05) is 0 Å². The van der Waals surface area contributed by atoms with Gasteiger partial charge in [-0.3, -0.25) is 4.79 Å². The number of hydrogen-bond donors (Lipinski definition) is 0. The van der Waals surface area contributed by atoms with Gasteiger partial charge in [0, 0.05) is 7.05 Å². The van der Waals surface area contributed by atoms with E-state index in [-0.39, 0.29) is 11.9 Å². The van der Waals surface area contributed by atoms with Gasteiger partial charge in [-0.05, 0) is 36.4 Å². The molecule has 0 aromatic carbocycles. The molecule has 0 saturated heterocycles. The van der Waals surface area contributed by atoms with E-state index < -0.39 is 0 Å². The van der Waals surface area contributed by atoms with E-state index in [1.807, 2.05) is 26.0 Å². The predicted octanol–water partition coefficient (Wildman–Crippen LogP) is 1.74. The monoisotopic (exact) mass is 309 g/mol. The maximum absolute atomic E-state index is 12.0. The second-order valence-electron chi connectivity index (χ2n) is 4.96. The van der Waals surface area contributed by atoms with Gasteiger partial charge in [0.2, 0.25) is 5.91 Å². The maximum atomic E-state index is 12.0. The zero-order chi connectivity index (χ0) is 15.2. The summed E-state index contributed by atoms with van der Waals surface area (Å²) in [7, 11) is 1.77. The molecule has 2 aromatic rings. The summed E-state index contributed by atoms with van der Waals surface area (Å²) in [6, 6.07) is 3.88. The Balaban J connectivity index is 1.77. The average Bonchev–Trinajstić information content (AvgIpc) is 3.09. The number of aromatic nitrogens is 4. The summed E-state index contributed by atoms with van der Waals surface area (Å²) in [5.74, 6) is 2.63. The lowest BCUT2D eigenvalue weighted by molar-refractivity contribution is -0.127. The lowest BCUT2D eigenvalue weighted by Crippen LogP contribution is -2.27. The van der Waals surface area contributed by atoms with Crippen LogP contribution in [-0.2, 0) is 17.1 Å². The van der Waals surface area contributed by atoms with Crippen LogP contribution in [0.1, 0.15) is 31.5 Å². The minimum Gasteiger partial charge on any atom is -0.467 e. The van der Waals surface area contributed by atoms with Crippen LogP contribution in [0.25, 0.3) is 0 Å². The first-order valence-corrected chi connectivity index (χ1v) is 7.84. The van der Waals surface area contributed by atoms with E-state index in [1.54, 1.807) is 22.9 Å². The summed E-state index contributed by atoms with van der Waals surface area (Å²) in [4.78, 5) is 13.7. The highest BCUT2D eigenvalue weighted by Gasteiger charge is 2.13. The zero-order valence-corrected chi connectivity index (χ0v) is 13.2. The van der Waals surface area contributed by atoms with Crippen molar-refractivity contribution in [1.29, 1.82) is 0 Å². The van der Waals surface area contributed by atoms with Crippen LogP contribution in [0.3, 0.4) is 0 Å². The van der Waals surface area contributed by atoms with Crippen molar-refractivity contribution in [3.63, 3.8) is 0 Å². The number of hydrogen-bond acceptors (Lipinski definition) is 6. The molecule has 0 bridgehead atoms. The molecule has 1 amide bonds. The first kappa shape index (κ1) is 15.6. The second-order valence-corrected chi connectivity index (χ2v) is 5.94. The number of thioether (sulfide) groups is 1. The molecule has 0 unspecified atom stereocenters. The zero-order valence-electron chi connectivity index (χ0n) is 12.4. The van der Waals surface area contributed by atoms with Crippen molar-refractivity contribution < 1.29 is 9.21 Å². The molecule has 2 rings (SSSR count). The molecule has 2 heterocycles. The molecule has 0 aliphatic heterocycles. The minimum absolute atomic E-state index is 0.0555. The summed E-state index contributed by atoms with van der Waals surface area (Å²) in [6.45, 7) is 4.52. The van der Waals surface area contributed by atoms with Gasteiger partial charge in [-0.15, -0.1) is 16.9 Å². The van der Waals surface area contributed by atoms with Crippen LogP contribution in [0, 0.1) is 0 Å². The third-order valence-electron chi connectivity index (χ3n) is 2.91. The first-order valence-electron chi connectivity index (χ1n) is 6.68. The van der Waals surface area contributed by atoms with E-state index in [4.69, 9.17) is 4.42 Å². The molecule has 0 aliphatic carbocycles. The van der Waals surface area contributed by atoms with Crippen molar-refractivity contribution in [2.75, 3.05) is 12.8 Å². The Morgan fingerprint density at radius 1 is 1.52 bits per heavy atom. The third kappa shape index (κ3) is 4.32. The van der Waals surface area contributed by atoms with E-state index in [1.165, 1.54) is 11.8 Å². The van der Waals surface area contributed by atoms with Gasteiger partial charge in [0.05, 0.1) is 30.4 Å². The molecular formula is C13H19N5O2S. The van der Waals surface area contributed by atoms with Crippen LogP contribution in [0.5, 0.6) is 0 Å². The van der Waals surface area contributed by atoms with Crippen molar-refractivity contribution in [2.45, 2.75) is 32.2 Å².